The fraction of sp³-hybridized carbons (Fsp3) is 0.412. The summed E-state index contributed by atoms with van der Waals surface area (Å²) in [5, 5.41) is 2.61. The third-order valence-corrected chi connectivity index (χ3v) is 2.53. The molecule has 1 amide bonds. The molecule has 1 aromatic rings. The summed E-state index contributed by atoms with van der Waals surface area (Å²) in [6.07, 6.45) is 2.53. The maximum Gasteiger partial charge on any atom is 0.407 e. The number of carbonyl (C=O) groups is 2. The summed E-state index contributed by atoms with van der Waals surface area (Å²) in [4.78, 5) is 22.4. The van der Waals surface area contributed by atoms with E-state index in [0.29, 0.717) is 18.9 Å². The minimum atomic E-state index is -0.515. The fourth-order valence-electron chi connectivity index (χ4n) is 1.54. The molecule has 0 fully saturated rings. The van der Waals surface area contributed by atoms with Crippen LogP contribution in [0.1, 0.15) is 26.3 Å². The molecular formula is C17H23NO5. The van der Waals surface area contributed by atoms with Gasteiger partial charge in [-0.25, -0.2) is 9.59 Å². The third kappa shape index (κ3) is 8.50. The summed E-state index contributed by atoms with van der Waals surface area (Å²) in [6.45, 7) is 6.09. The SMILES string of the molecule is COC(=O)/C=C/c1ccc(OCCNC(=O)OC(C)(C)C)cc1. The molecule has 23 heavy (non-hydrogen) atoms. The number of esters is 1. The van der Waals surface area contributed by atoms with Crippen LogP contribution in [0.5, 0.6) is 5.75 Å². The lowest BCUT2D eigenvalue weighted by Crippen LogP contribution is -2.34. The lowest BCUT2D eigenvalue weighted by atomic mass is 10.2. The fourth-order valence-corrected chi connectivity index (χ4v) is 1.54. The van der Waals surface area contributed by atoms with Crippen LogP contribution >= 0.6 is 0 Å². The van der Waals surface area contributed by atoms with Crippen LogP contribution in [0.4, 0.5) is 4.79 Å². The van der Waals surface area contributed by atoms with Crippen molar-refractivity contribution in [2.45, 2.75) is 26.4 Å². The summed E-state index contributed by atoms with van der Waals surface area (Å²) >= 11 is 0. The second kappa shape index (κ2) is 8.82. The zero-order chi connectivity index (χ0) is 17.3. The van der Waals surface area contributed by atoms with Crippen molar-refractivity contribution in [2.24, 2.45) is 0 Å². The van der Waals surface area contributed by atoms with E-state index in [9.17, 15) is 9.59 Å². The largest absolute Gasteiger partial charge is 0.492 e. The molecule has 126 valence electrons. The zero-order valence-electron chi connectivity index (χ0n) is 13.9. The van der Waals surface area contributed by atoms with Gasteiger partial charge in [0.2, 0.25) is 0 Å². The molecule has 0 aliphatic rings. The number of methoxy groups -OCH3 is 1. The Kier molecular flexibility index (Phi) is 7.12. The highest BCUT2D eigenvalue weighted by Crippen LogP contribution is 2.13. The number of nitrogens with one attached hydrogen (secondary N) is 1. The van der Waals surface area contributed by atoms with Crippen LogP contribution in [-0.4, -0.2) is 37.9 Å². The van der Waals surface area contributed by atoms with Crippen molar-refractivity contribution in [3.63, 3.8) is 0 Å². The molecule has 0 heterocycles. The van der Waals surface area contributed by atoms with Crippen LogP contribution in [0.3, 0.4) is 0 Å². The van der Waals surface area contributed by atoms with Crippen molar-refractivity contribution < 1.29 is 23.8 Å². The van der Waals surface area contributed by atoms with Crippen molar-refractivity contribution in [1.82, 2.24) is 5.32 Å². The van der Waals surface area contributed by atoms with Crippen molar-refractivity contribution in [2.75, 3.05) is 20.3 Å². The Balaban J connectivity index is 2.32. The van der Waals surface area contributed by atoms with Gasteiger partial charge in [0.25, 0.3) is 0 Å². The topological polar surface area (TPSA) is 73.9 Å². The molecule has 1 rings (SSSR count). The number of rotatable bonds is 6. The monoisotopic (exact) mass is 321 g/mol. The smallest absolute Gasteiger partial charge is 0.407 e. The average Bonchev–Trinajstić information content (AvgIpc) is 2.48. The second-order valence-electron chi connectivity index (χ2n) is 5.70. The second-order valence-corrected chi connectivity index (χ2v) is 5.70. The van der Waals surface area contributed by atoms with Gasteiger partial charge in [0, 0.05) is 6.08 Å². The van der Waals surface area contributed by atoms with Crippen LogP contribution in [0.25, 0.3) is 6.08 Å². The van der Waals surface area contributed by atoms with E-state index in [1.54, 1.807) is 39.0 Å². The number of carbonyl (C=O) groups excluding carboxylic acids is 2. The number of hydrogen-bond donors (Lipinski definition) is 1. The summed E-state index contributed by atoms with van der Waals surface area (Å²) in [6, 6.07) is 7.20. The van der Waals surface area contributed by atoms with Gasteiger partial charge in [-0.15, -0.1) is 0 Å². The minimum absolute atomic E-state index is 0.330. The van der Waals surface area contributed by atoms with Crippen molar-refractivity contribution in [1.29, 1.82) is 0 Å². The van der Waals surface area contributed by atoms with Gasteiger partial charge in [0.1, 0.15) is 18.0 Å². The van der Waals surface area contributed by atoms with Crippen molar-refractivity contribution in [3.05, 3.63) is 35.9 Å². The van der Waals surface area contributed by atoms with Crippen LogP contribution < -0.4 is 10.1 Å². The highest BCUT2D eigenvalue weighted by molar-refractivity contribution is 5.86. The standard InChI is InChI=1S/C17H23NO5/c1-17(2,3)23-16(20)18-11-12-22-14-8-5-13(6-9-14)7-10-15(19)21-4/h5-10H,11-12H2,1-4H3,(H,18,20)/b10-7+. The first-order chi connectivity index (χ1) is 10.8. The zero-order valence-corrected chi connectivity index (χ0v) is 13.9. The van der Waals surface area contributed by atoms with Crippen LogP contribution in [-0.2, 0) is 14.3 Å². The Morgan fingerprint density at radius 3 is 2.39 bits per heavy atom. The summed E-state index contributed by atoms with van der Waals surface area (Å²) in [7, 11) is 1.33. The van der Waals surface area contributed by atoms with Gasteiger partial charge < -0.3 is 19.5 Å². The van der Waals surface area contributed by atoms with E-state index in [-0.39, 0.29) is 0 Å². The number of hydrogen-bond acceptors (Lipinski definition) is 5. The molecule has 0 aliphatic carbocycles. The molecule has 0 unspecified atom stereocenters. The predicted octanol–water partition coefficient (Wildman–Crippen LogP) is 2.78. The van der Waals surface area contributed by atoms with E-state index < -0.39 is 17.7 Å². The van der Waals surface area contributed by atoms with Crippen LogP contribution in [0, 0.1) is 0 Å². The highest BCUT2D eigenvalue weighted by atomic mass is 16.6. The van der Waals surface area contributed by atoms with Crippen LogP contribution in [0.15, 0.2) is 30.3 Å². The summed E-state index contributed by atoms with van der Waals surface area (Å²) in [5.74, 6) is 0.268. The maximum atomic E-state index is 11.4. The molecule has 0 bridgehead atoms. The Bertz CT molecular complexity index is 543. The molecule has 6 heteroatoms. The van der Waals surface area contributed by atoms with E-state index in [0.717, 1.165) is 5.56 Å². The Morgan fingerprint density at radius 2 is 1.83 bits per heavy atom. The normalized spacial score (nSPS) is 11.1. The minimum Gasteiger partial charge on any atom is -0.492 e. The molecule has 0 radical (unpaired) electrons. The Morgan fingerprint density at radius 1 is 1.17 bits per heavy atom. The average molecular weight is 321 g/mol. The van der Waals surface area contributed by atoms with E-state index in [2.05, 4.69) is 10.1 Å². The predicted molar refractivity (Wildman–Crippen MR) is 87.2 cm³/mol. The lowest BCUT2D eigenvalue weighted by molar-refractivity contribution is -0.134. The Labute approximate surface area is 136 Å². The summed E-state index contributed by atoms with van der Waals surface area (Å²) in [5.41, 5.74) is 0.341. The molecule has 0 saturated heterocycles. The van der Waals surface area contributed by atoms with Gasteiger partial charge in [0.15, 0.2) is 0 Å². The van der Waals surface area contributed by atoms with Gasteiger partial charge in [-0.3, -0.25) is 0 Å². The van der Waals surface area contributed by atoms with Gasteiger partial charge >= 0.3 is 12.1 Å². The lowest BCUT2D eigenvalue weighted by Gasteiger charge is -2.19. The Hall–Kier alpha value is -2.50. The quantitative estimate of drug-likeness (QED) is 0.495. The molecule has 1 N–H and O–H groups in total. The molecular weight excluding hydrogens is 298 g/mol. The van der Waals surface area contributed by atoms with Gasteiger partial charge in [-0.1, -0.05) is 12.1 Å². The van der Waals surface area contributed by atoms with Gasteiger partial charge in [-0.05, 0) is 44.5 Å². The first-order valence-corrected chi connectivity index (χ1v) is 7.26. The number of amides is 1. The molecule has 0 aliphatic heterocycles. The first kappa shape index (κ1) is 18.5. The van der Waals surface area contributed by atoms with E-state index in [1.165, 1.54) is 13.2 Å². The summed E-state index contributed by atoms with van der Waals surface area (Å²) < 4.78 is 15.1. The highest BCUT2D eigenvalue weighted by Gasteiger charge is 2.15. The van der Waals surface area contributed by atoms with E-state index in [4.69, 9.17) is 9.47 Å². The molecule has 0 saturated carbocycles. The maximum absolute atomic E-state index is 11.4. The molecule has 0 aromatic heterocycles. The molecule has 0 spiro atoms. The molecule has 0 atom stereocenters. The van der Waals surface area contributed by atoms with E-state index >= 15 is 0 Å². The number of alkyl carbamates (subject to hydrolysis) is 1. The third-order valence-electron chi connectivity index (χ3n) is 2.53. The van der Waals surface area contributed by atoms with Gasteiger partial charge in [0.05, 0.1) is 13.7 Å². The first-order valence-electron chi connectivity index (χ1n) is 7.26. The number of benzene rings is 1. The number of ether oxygens (including phenoxy) is 3. The molecule has 6 nitrogen and oxygen atoms in total. The molecule has 1 aromatic carbocycles. The van der Waals surface area contributed by atoms with Crippen LogP contribution in [0.2, 0.25) is 0 Å². The van der Waals surface area contributed by atoms with Crippen molar-refractivity contribution >= 4 is 18.1 Å². The van der Waals surface area contributed by atoms with Crippen molar-refractivity contribution in [3.8, 4) is 5.75 Å². The van der Waals surface area contributed by atoms with E-state index in [1.807, 2.05) is 12.1 Å². The van der Waals surface area contributed by atoms with Gasteiger partial charge in [-0.2, -0.15) is 0 Å².